The Morgan fingerprint density at radius 1 is 1.20 bits per heavy atom. The molecule has 1 saturated heterocycles. The summed E-state index contributed by atoms with van der Waals surface area (Å²) in [6.07, 6.45) is 6.71. The van der Waals surface area contributed by atoms with Gasteiger partial charge in [-0.15, -0.1) is 0 Å². The zero-order valence-corrected chi connectivity index (χ0v) is 20.3. The van der Waals surface area contributed by atoms with Crippen LogP contribution in [0.2, 0.25) is 5.02 Å². The van der Waals surface area contributed by atoms with Crippen LogP contribution >= 0.6 is 11.6 Å². The fraction of sp³-hybridized carbons (Fsp3) is 0.400. The molecule has 1 aliphatic heterocycles. The molecule has 0 N–H and O–H groups in total. The van der Waals surface area contributed by atoms with E-state index in [0.717, 1.165) is 42.6 Å². The van der Waals surface area contributed by atoms with Gasteiger partial charge in [0, 0.05) is 55.3 Å². The molecule has 1 aliphatic rings. The summed E-state index contributed by atoms with van der Waals surface area (Å²) in [5.74, 6) is 1.15. The Balaban J connectivity index is 1.36. The lowest BCUT2D eigenvalue weighted by molar-refractivity contribution is 0.174. The molecule has 1 aromatic carbocycles. The number of halogens is 1. The third-order valence-corrected chi connectivity index (χ3v) is 6.65. The van der Waals surface area contributed by atoms with Crippen molar-refractivity contribution in [1.29, 1.82) is 0 Å². The van der Waals surface area contributed by atoms with Crippen molar-refractivity contribution in [2.75, 3.05) is 20.2 Å². The monoisotopic (exact) mass is 494 g/mol. The van der Waals surface area contributed by atoms with Crippen molar-refractivity contribution >= 4 is 22.4 Å². The molecule has 182 valence electrons. The van der Waals surface area contributed by atoms with E-state index in [1.807, 2.05) is 24.3 Å². The predicted octanol–water partition coefficient (Wildman–Crippen LogP) is 3.27. The number of hydrogen-bond acceptors (Lipinski definition) is 8. The molecule has 0 bridgehead atoms. The quantitative estimate of drug-likeness (QED) is 0.349. The van der Waals surface area contributed by atoms with Crippen LogP contribution in [0.15, 0.2) is 52.0 Å². The minimum atomic E-state index is -0.0878. The topological polar surface area (TPSA) is 99.2 Å². The largest absolute Gasteiger partial charge is 0.377 e. The molecule has 35 heavy (non-hydrogen) atoms. The van der Waals surface area contributed by atoms with Crippen LogP contribution in [0.1, 0.15) is 35.8 Å². The summed E-state index contributed by atoms with van der Waals surface area (Å²) in [6, 6.07) is 9.69. The first kappa shape index (κ1) is 23.6. The number of aromatic nitrogens is 5. The Labute approximate surface area is 207 Å². The second kappa shape index (κ2) is 10.6. The van der Waals surface area contributed by atoms with Gasteiger partial charge in [-0.25, -0.2) is 4.68 Å². The zero-order valence-electron chi connectivity index (χ0n) is 19.6. The molecule has 4 aromatic rings. The van der Waals surface area contributed by atoms with Crippen molar-refractivity contribution in [3.63, 3.8) is 0 Å². The van der Waals surface area contributed by atoms with Crippen LogP contribution in [0, 0.1) is 0 Å². The average Bonchev–Trinajstić information content (AvgIpc) is 3.51. The average molecular weight is 495 g/mol. The number of ether oxygens (including phenoxy) is 1. The van der Waals surface area contributed by atoms with Crippen LogP contribution in [0.25, 0.3) is 10.8 Å². The summed E-state index contributed by atoms with van der Waals surface area (Å²) in [4.78, 5) is 24.3. The van der Waals surface area contributed by atoms with Gasteiger partial charge >= 0.3 is 0 Å². The Morgan fingerprint density at radius 2 is 2.06 bits per heavy atom. The lowest BCUT2D eigenvalue weighted by Crippen LogP contribution is -2.38. The Hall–Kier alpha value is -3.14. The predicted molar refractivity (Wildman–Crippen MR) is 131 cm³/mol. The van der Waals surface area contributed by atoms with E-state index in [-0.39, 0.29) is 11.6 Å². The lowest BCUT2D eigenvalue weighted by Gasteiger charge is -2.24. The maximum absolute atomic E-state index is 13.3. The van der Waals surface area contributed by atoms with Gasteiger partial charge in [0.1, 0.15) is 6.61 Å². The highest BCUT2D eigenvalue weighted by atomic mass is 35.5. The standard InChI is InChI=1S/C25H27ClN6O3/c1-34-16-23-28-24(35-30-23)9-12-31-11-2-3-19(31)15-32-25(33)20-8-10-27-14-21(20)22(29-32)13-17-4-6-18(26)7-5-17/h4-8,10,14,19H,2-3,9,11-13,15-16H2,1H3. The summed E-state index contributed by atoms with van der Waals surface area (Å²) >= 11 is 6.05. The fourth-order valence-corrected chi connectivity index (χ4v) is 4.79. The number of fused-ring (bicyclic) bond motifs is 1. The van der Waals surface area contributed by atoms with E-state index in [1.165, 1.54) is 0 Å². The normalized spacial score (nSPS) is 16.3. The van der Waals surface area contributed by atoms with Crippen molar-refractivity contribution < 1.29 is 9.26 Å². The van der Waals surface area contributed by atoms with Crippen molar-refractivity contribution in [2.45, 2.75) is 44.9 Å². The van der Waals surface area contributed by atoms with Crippen LogP contribution in [0.3, 0.4) is 0 Å². The van der Waals surface area contributed by atoms with Crippen molar-refractivity contribution in [3.8, 4) is 0 Å². The van der Waals surface area contributed by atoms with Gasteiger partial charge in [-0.3, -0.25) is 14.7 Å². The summed E-state index contributed by atoms with van der Waals surface area (Å²) in [5.41, 5.74) is 1.82. The second-order valence-corrected chi connectivity index (χ2v) is 9.21. The van der Waals surface area contributed by atoms with E-state index >= 15 is 0 Å². The maximum Gasteiger partial charge on any atom is 0.274 e. The van der Waals surface area contributed by atoms with Crippen LogP contribution in [0.5, 0.6) is 0 Å². The molecule has 1 atom stereocenters. The summed E-state index contributed by atoms with van der Waals surface area (Å²) in [6.45, 7) is 2.61. The molecule has 0 aliphatic carbocycles. The highest BCUT2D eigenvalue weighted by molar-refractivity contribution is 6.30. The number of nitrogens with zero attached hydrogens (tertiary/aromatic N) is 6. The Kier molecular flexibility index (Phi) is 7.17. The fourth-order valence-electron chi connectivity index (χ4n) is 4.66. The van der Waals surface area contributed by atoms with E-state index < -0.39 is 0 Å². The zero-order chi connectivity index (χ0) is 24.2. The number of hydrogen-bond donors (Lipinski definition) is 0. The highest BCUT2D eigenvalue weighted by Gasteiger charge is 2.26. The first-order chi connectivity index (χ1) is 17.1. The van der Waals surface area contributed by atoms with Crippen LogP contribution in [-0.2, 0) is 30.7 Å². The number of methoxy groups -OCH3 is 1. The van der Waals surface area contributed by atoms with E-state index in [1.54, 1.807) is 30.3 Å². The van der Waals surface area contributed by atoms with Crippen LogP contribution in [-0.4, -0.2) is 56.0 Å². The molecule has 4 heterocycles. The van der Waals surface area contributed by atoms with Crippen molar-refractivity contribution in [2.24, 2.45) is 0 Å². The third-order valence-electron chi connectivity index (χ3n) is 6.40. The molecule has 3 aromatic heterocycles. The molecular weight excluding hydrogens is 468 g/mol. The SMILES string of the molecule is COCc1noc(CCN2CCCC2Cn2nc(Cc3ccc(Cl)cc3)c3cnccc3c2=O)n1. The first-order valence-electron chi connectivity index (χ1n) is 11.7. The van der Waals surface area contributed by atoms with E-state index in [2.05, 4.69) is 20.0 Å². The number of rotatable bonds is 9. The van der Waals surface area contributed by atoms with E-state index in [9.17, 15) is 4.79 Å². The Morgan fingerprint density at radius 3 is 2.89 bits per heavy atom. The van der Waals surface area contributed by atoms with Gasteiger partial charge in [0.15, 0.2) is 5.82 Å². The molecule has 10 heteroatoms. The lowest BCUT2D eigenvalue weighted by atomic mass is 10.1. The van der Waals surface area contributed by atoms with Gasteiger partial charge in [-0.05, 0) is 43.1 Å². The smallest absolute Gasteiger partial charge is 0.274 e. The van der Waals surface area contributed by atoms with Gasteiger partial charge in [0.25, 0.3) is 5.56 Å². The van der Waals surface area contributed by atoms with E-state index in [0.29, 0.717) is 48.1 Å². The van der Waals surface area contributed by atoms with Gasteiger partial charge < -0.3 is 9.26 Å². The minimum absolute atomic E-state index is 0.0878. The third kappa shape index (κ3) is 5.42. The van der Waals surface area contributed by atoms with Gasteiger partial charge in [-0.2, -0.15) is 10.1 Å². The van der Waals surface area contributed by atoms with E-state index in [4.69, 9.17) is 26.0 Å². The van der Waals surface area contributed by atoms with Gasteiger partial charge in [-0.1, -0.05) is 28.9 Å². The molecule has 1 fully saturated rings. The first-order valence-corrected chi connectivity index (χ1v) is 12.1. The molecule has 9 nitrogen and oxygen atoms in total. The number of likely N-dealkylation sites (tertiary alicyclic amines) is 1. The van der Waals surface area contributed by atoms with Crippen LogP contribution < -0.4 is 5.56 Å². The number of pyridine rings is 1. The Bertz CT molecular complexity index is 1350. The van der Waals surface area contributed by atoms with Crippen LogP contribution in [0.4, 0.5) is 0 Å². The van der Waals surface area contributed by atoms with Gasteiger partial charge in [0.05, 0.1) is 17.6 Å². The van der Waals surface area contributed by atoms with Crippen molar-refractivity contribution in [3.05, 3.63) is 81.1 Å². The molecule has 0 spiro atoms. The molecule has 5 rings (SSSR count). The molecule has 0 radical (unpaired) electrons. The molecular formula is C25H27ClN6O3. The summed E-state index contributed by atoms with van der Waals surface area (Å²) in [5, 5.41) is 10.9. The van der Waals surface area contributed by atoms with Crippen molar-refractivity contribution in [1.82, 2.24) is 29.8 Å². The summed E-state index contributed by atoms with van der Waals surface area (Å²) in [7, 11) is 1.60. The molecule has 0 amide bonds. The molecule has 0 saturated carbocycles. The molecule has 1 unspecified atom stereocenters. The summed E-state index contributed by atoms with van der Waals surface area (Å²) < 4.78 is 12.0. The minimum Gasteiger partial charge on any atom is -0.377 e. The number of benzene rings is 1. The maximum atomic E-state index is 13.3. The van der Waals surface area contributed by atoms with Gasteiger partial charge in [0.2, 0.25) is 5.89 Å². The second-order valence-electron chi connectivity index (χ2n) is 8.78. The highest BCUT2D eigenvalue weighted by Crippen LogP contribution is 2.21.